The van der Waals surface area contributed by atoms with Crippen LogP contribution < -0.4 is 5.73 Å². The average molecular weight is 327 g/mol. The molecule has 1 fully saturated rings. The van der Waals surface area contributed by atoms with Crippen LogP contribution >= 0.6 is 23.8 Å². The molecule has 1 aromatic rings. The van der Waals surface area contributed by atoms with Crippen LogP contribution in [0.3, 0.4) is 0 Å². The fraction of sp³-hybridized carbons (Fsp3) is 0.467. The molecule has 1 saturated heterocycles. The number of thiocarbonyl (C=S) groups is 1. The molecule has 21 heavy (non-hydrogen) atoms. The first-order valence-electron chi connectivity index (χ1n) is 6.84. The number of halogens is 1. The third-order valence-electron chi connectivity index (χ3n) is 3.94. The van der Waals surface area contributed by atoms with Crippen molar-refractivity contribution >= 4 is 34.7 Å². The van der Waals surface area contributed by atoms with E-state index >= 15 is 0 Å². The van der Waals surface area contributed by atoms with Crippen molar-refractivity contribution in [2.45, 2.75) is 19.4 Å². The van der Waals surface area contributed by atoms with E-state index in [0.717, 1.165) is 5.56 Å². The second-order valence-electron chi connectivity index (χ2n) is 5.31. The number of carbonyl (C=O) groups is 1. The van der Waals surface area contributed by atoms with E-state index < -0.39 is 5.41 Å². The Labute approximate surface area is 135 Å². The molecule has 0 radical (unpaired) electrons. The van der Waals surface area contributed by atoms with Crippen LogP contribution in [0.4, 0.5) is 0 Å². The second-order valence-corrected chi connectivity index (χ2v) is 6.16. The number of nitrogens with two attached hydrogens (primary N) is 1. The van der Waals surface area contributed by atoms with Crippen LogP contribution in [0.5, 0.6) is 0 Å². The van der Waals surface area contributed by atoms with Gasteiger partial charge in [0.1, 0.15) is 5.41 Å². The van der Waals surface area contributed by atoms with Crippen LogP contribution in [-0.2, 0) is 16.1 Å². The van der Waals surface area contributed by atoms with E-state index in [9.17, 15) is 4.79 Å². The van der Waals surface area contributed by atoms with Crippen molar-refractivity contribution in [1.29, 1.82) is 0 Å². The van der Waals surface area contributed by atoms with E-state index in [4.69, 9.17) is 34.3 Å². The summed E-state index contributed by atoms with van der Waals surface area (Å²) < 4.78 is 5.34. The van der Waals surface area contributed by atoms with E-state index in [1.54, 1.807) is 11.9 Å². The van der Waals surface area contributed by atoms with Gasteiger partial charge in [-0.2, -0.15) is 0 Å². The molecular weight excluding hydrogens is 308 g/mol. The molecule has 0 aromatic heterocycles. The van der Waals surface area contributed by atoms with E-state index in [2.05, 4.69) is 0 Å². The fourth-order valence-corrected chi connectivity index (χ4v) is 3.09. The number of carbonyl (C=O) groups excluding carboxylic acids is 1. The SMILES string of the molecule is CN(Cc1ccccc1Cl)C(=O)C1(C(N)=S)CCOCC1. The molecule has 0 aliphatic carbocycles. The Morgan fingerprint density at radius 1 is 1.43 bits per heavy atom. The molecule has 1 amide bonds. The standard InChI is InChI=1S/C15H19ClN2O2S/c1-18(10-11-4-2-3-5-12(11)16)14(19)15(13(17)21)6-8-20-9-7-15/h2-5H,6-10H2,1H3,(H2,17,21). The zero-order valence-corrected chi connectivity index (χ0v) is 13.5. The third kappa shape index (κ3) is 3.36. The van der Waals surface area contributed by atoms with Crippen molar-refractivity contribution in [3.63, 3.8) is 0 Å². The number of nitrogens with zero attached hydrogens (tertiary/aromatic N) is 1. The van der Waals surface area contributed by atoms with Gasteiger partial charge in [0, 0.05) is 31.8 Å². The summed E-state index contributed by atoms with van der Waals surface area (Å²) in [7, 11) is 1.75. The monoisotopic (exact) mass is 326 g/mol. The minimum absolute atomic E-state index is 0.0572. The molecule has 2 N–H and O–H groups in total. The lowest BCUT2D eigenvalue weighted by Crippen LogP contribution is -2.52. The highest BCUT2D eigenvalue weighted by Gasteiger charge is 2.44. The van der Waals surface area contributed by atoms with Gasteiger partial charge in [-0.15, -0.1) is 0 Å². The largest absolute Gasteiger partial charge is 0.392 e. The van der Waals surface area contributed by atoms with E-state index in [1.165, 1.54) is 0 Å². The van der Waals surface area contributed by atoms with Gasteiger partial charge in [-0.1, -0.05) is 42.0 Å². The maximum atomic E-state index is 12.8. The zero-order valence-electron chi connectivity index (χ0n) is 12.0. The van der Waals surface area contributed by atoms with Crippen molar-refractivity contribution in [2.24, 2.45) is 11.1 Å². The first-order chi connectivity index (χ1) is 9.97. The Morgan fingerprint density at radius 3 is 2.62 bits per heavy atom. The highest BCUT2D eigenvalue weighted by molar-refractivity contribution is 7.80. The van der Waals surface area contributed by atoms with Gasteiger partial charge in [-0.05, 0) is 24.5 Å². The minimum Gasteiger partial charge on any atom is -0.392 e. The van der Waals surface area contributed by atoms with E-state index in [0.29, 0.717) is 37.6 Å². The lowest BCUT2D eigenvalue weighted by atomic mass is 9.78. The van der Waals surface area contributed by atoms with Gasteiger partial charge >= 0.3 is 0 Å². The molecule has 0 unspecified atom stereocenters. The van der Waals surface area contributed by atoms with Gasteiger partial charge in [-0.25, -0.2) is 0 Å². The lowest BCUT2D eigenvalue weighted by Gasteiger charge is -2.37. The van der Waals surface area contributed by atoms with Crippen molar-refractivity contribution in [3.05, 3.63) is 34.9 Å². The molecule has 0 saturated carbocycles. The highest BCUT2D eigenvalue weighted by Crippen LogP contribution is 2.33. The summed E-state index contributed by atoms with van der Waals surface area (Å²) in [6.07, 6.45) is 1.07. The number of hydrogen-bond donors (Lipinski definition) is 1. The first-order valence-corrected chi connectivity index (χ1v) is 7.62. The Balaban J connectivity index is 2.17. The molecule has 1 aliphatic heterocycles. The predicted octanol–water partition coefficient (Wildman–Crippen LogP) is 2.38. The van der Waals surface area contributed by atoms with Crippen LogP contribution in [0.25, 0.3) is 0 Å². The number of amides is 1. The summed E-state index contributed by atoms with van der Waals surface area (Å²) >= 11 is 11.3. The summed E-state index contributed by atoms with van der Waals surface area (Å²) in [5, 5.41) is 0.647. The number of hydrogen-bond acceptors (Lipinski definition) is 3. The molecule has 114 valence electrons. The van der Waals surface area contributed by atoms with Gasteiger partial charge in [0.15, 0.2) is 0 Å². The van der Waals surface area contributed by atoms with Crippen molar-refractivity contribution in [3.8, 4) is 0 Å². The molecule has 1 aromatic carbocycles. The smallest absolute Gasteiger partial charge is 0.235 e. The molecule has 0 atom stereocenters. The summed E-state index contributed by atoms with van der Waals surface area (Å²) in [6.45, 7) is 1.44. The third-order valence-corrected chi connectivity index (χ3v) is 4.70. The number of rotatable bonds is 4. The molecule has 0 spiro atoms. The molecule has 4 nitrogen and oxygen atoms in total. The quantitative estimate of drug-likeness (QED) is 0.863. The van der Waals surface area contributed by atoms with Gasteiger partial charge < -0.3 is 15.4 Å². The topological polar surface area (TPSA) is 55.6 Å². The van der Waals surface area contributed by atoms with Crippen molar-refractivity contribution in [1.82, 2.24) is 4.90 Å². The summed E-state index contributed by atoms with van der Waals surface area (Å²) in [6, 6.07) is 7.48. The van der Waals surface area contributed by atoms with E-state index in [1.807, 2.05) is 24.3 Å². The molecule has 2 rings (SSSR count). The number of benzene rings is 1. The van der Waals surface area contributed by atoms with Gasteiger partial charge in [0.2, 0.25) is 5.91 Å². The van der Waals surface area contributed by atoms with Crippen LogP contribution in [0.15, 0.2) is 24.3 Å². The first kappa shape index (κ1) is 16.2. The summed E-state index contributed by atoms with van der Waals surface area (Å²) in [4.78, 5) is 14.7. The predicted molar refractivity (Wildman–Crippen MR) is 87.2 cm³/mol. The van der Waals surface area contributed by atoms with Crippen LogP contribution in [0.2, 0.25) is 5.02 Å². The van der Waals surface area contributed by atoms with Crippen LogP contribution in [0.1, 0.15) is 18.4 Å². The molecule has 0 bridgehead atoms. The minimum atomic E-state index is -0.788. The Hall–Kier alpha value is -1.17. The second kappa shape index (κ2) is 6.73. The Morgan fingerprint density at radius 2 is 2.05 bits per heavy atom. The van der Waals surface area contributed by atoms with Gasteiger partial charge in [0.25, 0.3) is 0 Å². The number of ether oxygens (including phenoxy) is 1. The molecule has 6 heteroatoms. The Kier molecular flexibility index (Phi) is 5.19. The maximum Gasteiger partial charge on any atom is 0.235 e. The lowest BCUT2D eigenvalue weighted by molar-refractivity contribution is -0.141. The molecule has 1 heterocycles. The van der Waals surface area contributed by atoms with Crippen LogP contribution in [0, 0.1) is 5.41 Å². The highest BCUT2D eigenvalue weighted by atomic mass is 35.5. The fourth-order valence-electron chi connectivity index (χ4n) is 2.60. The zero-order chi connectivity index (χ0) is 15.5. The maximum absolute atomic E-state index is 12.8. The van der Waals surface area contributed by atoms with Gasteiger partial charge in [-0.3, -0.25) is 4.79 Å². The van der Waals surface area contributed by atoms with Gasteiger partial charge in [0.05, 0.1) is 4.99 Å². The van der Waals surface area contributed by atoms with E-state index in [-0.39, 0.29) is 10.9 Å². The average Bonchev–Trinajstić information content (AvgIpc) is 2.49. The molecular formula is C15H19ClN2O2S. The normalized spacial score (nSPS) is 17.2. The van der Waals surface area contributed by atoms with Crippen molar-refractivity contribution < 1.29 is 9.53 Å². The summed E-state index contributed by atoms with van der Waals surface area (Å²) in [5.74, 6) is -0.0572. The van der Waals surface area contributed by atoms with Crippen LogP contribution in [-0.4, -0.2) is 36.1 Å². The molecule has 1 aliphatic rings. The summed E-state index contributed by atoms with van der Waals surface area (Å²) in [5.41, 5.74) is 5.98. The Bertz CT molecular complexity index is 544. The van der Waals surface area contributed by atoms with Crippen molar-refractivity contribution in [2.75, 3.05) is 20.3 Å².